The zero-order valence-corrected chi connectivity index (χ0v) is 11.0. The minimum atomic E-state index is -0.435. The predicted molar refractivity (Wildman–Crippen MR) is 73.2 cm³/mol. The Bertz CT molecular complexity index is 466. The maximum atomic E-state index is 11.4. The number of amides is 1. The van der Waals surface area contributed by atoms with E-state index in [-0.39, 0.29) is 5.91 Å². The molecule has 2 N–H and O–H groups in total. The summed E-state index contributed by atoms with van der Waals surface area (Å²) in [5, 5.41) is 1.54. The first-order valence-corrected chi connectivity index (χ1v) is 6.96. The summed E-state index contributed by atoms with van der Waals surface area (Å²) in [6.07, 6.45) is 3.37. The van der Waals surface area contributed by atoms with Crippen molar-refractivity contribution in [3.8, 4) is 0 Å². The van der Waals surface area contributed by atoms with Crippen LogP contribution in [0.3, 0.4) is 0 Å². The highest BCUT2D eigenvalue weighted by Crippen LogP contribution is 2.33. The first-order valence-electron chi connectivity index (χ1n) is 5.20. The van der Waals surface area contributed by atoms with E-state index in [4.69, 9.17) is 5.73 Å². The minimum Gasteiger partial charge on any atom is -0.368 e. The zero-order valence-electron chi connectivity index (χ0n) is 9.39. The van der Waals surface area contributed by atoms with Crippen LogP contribution in [-0.4, -0.2) is 20.5 Å². The fourth-order valence-electron chi connectivity index (χ4n) is 1.19. The summed E-state index contributed by atoms with van der Waals surface area (Å²) in [4.78, 5) is 19.8. The van der Waals surface area contributed by atoms with E-state index in [1.807, 2.05) is 36.4 Å². The monoisotopic (exact) mass is 277 g/mol. The van der Waals surface area contributed by atoms with Gasteiger partial charge in [0.25, 0.3) is 0 Å². The lowest BCUT2D eigenvalue weighted by atomic mass is 10.5. The molecule has 0 aliphatic heterocycles. The molecule has 92 valence electrons. The highest BCUT2D eigenvalue weighted by Gasteiger charge is 2.19. The summed E-state index contributed by atoms with van der Waals surface area (Å²) >= 11 is 2.66. The Balaban J connectivity index is 2.08. The summed E-state index contributed by atoms with van der Waals surface area (Å²) < 4.78 is -0.435. The van der Waals surface area contributed by atoms with E-state index in [1.165, 1.54) is 23.5 Å². The number of carbonyl (C=O) groups excluding carboxylic acids is 1. The predicted octanol–water partition coefficient (Wildman–Crippen LogP) is 2.17. The second-order valence-electron chi connectivity index (χ2n) is 3.31. The molecular formula is C12H11N3OS2. The number of aromatic nitrogens is 2. The van der Waals surface area contributed by atoms with Gasteiger partial charge in [0.05, 0.1) is 10.1 Å². The van der Waals surface area contributed by atoms with Gasteiger partial charge in [0.15, 0.2) is 0 Å². The fourth-order valence-corrected chi connectivity index (χ4v) is 3.21. The molecule has 2 heterocycles. The summed E-state index contributed by atoms with van der Waals surface area (Å²) in [6, 6.07) is 11.1. The molecule has 0 unspecified atom stereocenters. The number of pyridine rings is 2. The van der Waals surface area contributed by atoms with Crippen molar-refractivity contribution in [2.45, 2.75) is 14.6 Å². The first-order chi connectivity index (χ1) is 8.75. The lowest BCUT2D eigenvalue weighted by molar-refractivity contribution is -0.116. The van der Waals surface area contributed by atoms with Gasteiger partial charge in [0, 0.05) is 12.4 Å². The first kappa shape index (κ1) is 12.9. The van der Waals surface area contributed by atoms with E-state index in [0.717, 1.165) is 10.1 Å². The molecule has 0 radical (unpaired) electrons. The second kappa shape index (κ2) is 6.42. The average Bonchev–Trinajstić information content (AvgIpc) is 2.40. The standard InChI is InChI=1S/C12H11N3OS2/c13-11(16)12(17-9-5-1-3-7-14-9)18-10-6-2-4-8-15-10/h1-8,12H,(H2,13,16). The summed E-state index contributed by atoms with van der Waals surface area (Å²) in [5.74, 6) is -0.388. The number of thioether (sulfide) groups is 2. The molecule has 0 aromatic carbocycles. The molecule has 6 heteroatoms. The van der Waals surface area contributed by atoms with Crippen molar-refractivity contribution in [1.82, 2.24) is 9.97 Å². The molecule has 2 aromatic rings. The van der Waals surface area contributed by atoms with Gasteiger partial charge in [-0.3, -0.25) is 4.79 Å². The molecule has 0 aliphatic rings. The molecule has 0 spiro atoms. The number of carbonyl (C=O) groups is 1. The Hall–Kier alpha value is -1.53. The van der Waals surface area contributed by atoms with Gasteiger partial charge < -0.3 is 5.73 Å². The summed E-state index contributed by atoms with van der Waals surface area (Å²) in [7, 11) is 0. The number of hydrogen-bond acceptors (Lipinski definition) is 5. The summed E-state index contributed by atoms with van der Waals surface area (Å²) in [6.45, 7) is 0. The summed E-state index contributed by atoms with van der Waals surface area (Å²) in [5.41, 5.74) is 5.40. The normalized spacial score (nSPS) is 10.5. The number of nitrogens with zero attached hydrogens (tertiary/aromatic N) is 2. The molecule has 0 atom stereocenters. The molecular weight excluding hydrogens is 266 g/mol. The Morgan fingerprint density at radius 2 is 1.50 bits per heavy atom. The third-order valence-corrected chi connectivity index (χ3v) is 4.40. The van der Waals surface area contributed by atoms with Gasteiger partial charge in [-0.25, -0.2) is 9.97 Å². The molecule has 0 fully saturated rings. The topological polar surface area (TPSA) is 68.9 Å². The zero-order chi connectivity index (χ0) is 12.8. The largest absolute Gasteiger partial charge is 0.368 e. The molecule has 0 saturated heterocycles. The maximum Gasteiger partial charge on any atom is 0.241 e. The number of hydrogen-bond donors (Lipinski definition) is 1. The molecule has 0 bridgehead atoms. The van der Waals surface area contributed by atoms with Crippen LogP contribution in [0.2, 0.25) is 0 Å². The van der Waals surface area contributed by atoms with Gasteiger partial charge >= 0.3 is 0 Å². The van der Waals surface area contributed by atoms with Gasteiger partial charge in [0.1, 0.15) is 4.58 Å². The van der Waals surface area contributed by atoms with Crippen LogP contribution in [0.1, 0.15) is 0 Å². The van der Waals surface area contributed by atoms with E-state index < -0.39 is 4.58 Å². The van der Waals surface area contributed by atoms with Crippen LogP contribution in [0.5, 0.6) is 0 Å². The van der Waals surface area contributed by atoms with Crippen molar-refractivity contribution >= 4 is 29.4 Å². The number of primary amides is 1. The van der Waals surface area contributed by atoms with Crippen LogP contribution in [0.15, 0.2) is 58.8 Å². The minimum absolute atomic E-state index is 0.388. The quantitative estimate of drug-likeness (QED) is 0.670. The van der Waals surface area contributed by atoms with Crippen LogP contribution in [-0.2, 0) is 4.79 Å². The highest BCUT2D eigenvalue weighted by molar-refractivity contribution is 8.18. The van der Waals surface area contributed by atoms with Crippen molar-refractivity contribution < 1.29 is 4.79 Å². The van der Waals surface area contributed by atoms with Crippen LogP contribution in [0, 0.1) is 0 Å². The van der Waals surface area contributed by atoms with E-state index >= 15 is 0 Å². The van der Waals surface area contributed by atoms with Crippen molar-refractivity contribution in [3.63, 3.8) is 0 Å². The average molecular weight is 277 g/mol. The van der Waals surface area contributed by atoms with Crippen LogP contribution >= 0.6 is 23.5 Å². The van der Waals surface area contributed by atoms with Crippen LogP contribution < -0.4 is 5.73 Å². The Morgan fingerprint density at radius 1 is 1.00 bits per heavy atom. The number of nitrogens with two attached hydrogens (primary N) is 1. The van der Waals surface area contributed by atoms with Gasteiger partial charge in [-0.1, -0.05) is 35.7 Å². The number of rotatable bonds is 5. The van der Waals surface area contributed by atoms with Crippen molar-refractivity contribution in [1.29, 1.82) is 0 Å². The second-order valence-corrected chi connectivity index (χ2v) is 5.86. The molecule has 2 aromatic heterocycles. The van der Waals surface area contributed by atoms with Crippen LogP contribution in [0.4, 0.5) is 0 Å². The molecule has 0 aliphatic carbocycles. The third kappa shape index (κ3) is 3.75. The SMILES string of the molecule is NC(=O)C(Sc1ccccn1)Sc1ccccn1. The molecule has 1 amide bonds. The molecule has 0 saturated carbocycles. The van der Waals surface area contributed by atoms with Gasteiger partial charge in [-0.2, -0.15) is 0 Å². The lowest BCUT2D eigenvalue weighted by Gasteiger charge is -2.11. The highest BCUT2D eigenvalue weighted by atomic mass is 32.2. The third-order valence-electron chi connectivity index (χ3n) is 1.96. The van der Waals surface area contributed by atoms with E-state index in [9.17, 15) is 4.79 Å². The van der Waals surface area contributed by atoms with Gasteiger partial charge in [-0.15, -0.1) is 0 Å². The van der Waals surface area contributed by atoms with Gasteiger partial charge in [0.2, 0.25) is 5.91 Å². The molecule has 18 heavy (non-hydrogen) atoms. The Morgan fingerprint density at radius 3 is 1.83 bits per heavy atom. The molecule has 4 nitrogen and oxygen atoms in total. The lowest BCUT2D eigenvalue weighted by Crippen LogP contribution is -2.22. The molecule has 2 rings (SSSR count). The Kier molecular flexibility index (Phi) is 4.60. The van der Waals surface area contributed by atoms with Crippen molar-refractivity contribution in [2.75, 3.05) is 0 Å². The van der Waals surface area contributed by atoms with Crippen LogP contribution in [0.25, 0.3) is 0 Å². The van der Waals surface area contributed by atoms with E-state index in [2.05, 4.69) is 9.97 Å². The maximum absolute atomic E-state index is 11.4. The van der Waals surface area contributed by atoms with E-state index in [1.54, 1.807) is 12.4 Å². The fraction of sp³-hybridized carbons (Fsp3) is 0.0833. The van der Waals surface area contributed by atoms with E-state index in [0.29, 0.717) is 0 Å². The van der Waals surface area contributed by atoms with Crippen molar-refractivity contribution in [2.24, 2.45) is 5.73 Å². The smallest absolute Gasteiger partial charge is 0.241 e. The van der Waals surface area contributed by atoms with Gasteiger partial charge in [-0.05, 0) is 24.3 Å². The Labute approximate surface area is 113 Å². The van der Waals surface area contributed by atoms with Crippen molar-refractivity contribution in [3.05, 3.63) is 48.8 Å².